The van der Waals surface area contributed by atoms with Crippen LogP contribution in [0.2, 0.25) is 0 Å². The van der Waals surface area contributed by atoms with E-state index >= 15 is 0 Å². The Morgan fingerprint density at radius 1 is 1.25 bits per heavy atom. The molecule has 1 heterocycles. The van der Waals surface area contributed by atoms with E-state index in [-0.39, 0.29) is 24.9 Å². The standard InChI is InChI=1S/C14H18N4O.ClH/c1-10-14(11(2)18(3)17-10)16-13(19)9-15-12-7-5-4-6-8-12;/h4-8,15H,9H2,1-3H3,(H,16,19);1H. The summed E-state index contributed by atoms with van der Waals surface area (Å²) >= 11 is 0. The monoisotopic (exact) mass is 294 g/mol. The van der Waals surface area contributed by atoms with Crippen molar-refractivity contribution in [3.8, 4) is 0 Å². The summed E-state index contributed by atoms with van der Waals surface area (Å²) in [4.78, 5) is 11.9. The molecule has 0 bridgehead atoms. The predicted molar refractivity (Wildman–Crippen MR) is 83.5 cm³/mol. The van der Waals surface area contributed by atoms with Crippen LogP contribution in [0.15, 0.2) is 30.3 Å². The molecule has 0 aliphatic heterocycles. The van der Waals surface area contributed by atoms with Crippen molar-refractivity contribution >= 4 is 29.7 Å². The molecule has 1 aromatic carbocycles. The minimum absolute atomic E-state index is 0. The highest BCUT2D eigenvalue weighted by atomic mass is 35.5. The number of nitrogens with one attached hydrogen (secondary N) is 2. The second-order valence-electron chi connectivity index (χ2n) is 4.44. The Bertz CT molecular complexity index is 580. The first-order chi connectivity index (χ1) is 9.08. The lowest BCUT2D eigenvalue weighted by molar-refractivity contribution is -0.114. The van der Waals surface area contributed by atoms with Gasteiger partial charge in [0.15, 0.2) is 0 Å². The molecule has 0 fully saturated rings. The minimum Gasteiger partial charge on any atom is -0.376 e. The predicted octanol–water partition coefficient (Wildman–Crippen LogP) is 2.51. The molecule has 0 spiro atoms. The third-order valence-corrected chi connectivity index (χ3v) is 3.00. The molecular formula is C14H19ClN4O. The normalized spacial score (nSPS) is 9.75. The van der Waals surface area contributed by atoms with Gasteiger partial charge in [0.25, 0.3) is 0 Å². The van der Waals surface area contributed by atoms with Crippen LogP contribution in [-0.2, 0) is 11.8 Å². The van der Waals surface area contributed by atoms with Crippen molar-refractivity contribution in [1.29, 1.82) is 0 Å². The second kappa shape index (κ2) is 6.96. The van der Waals surface area contributed by atoms with E-state index in [1.165, 1.54) is 0 Å². The van der Waals surface area contributed by atoms with Gasteiger partial charge in [-0.25, -0.2) is 0 Å². The van der Waals surface area contributed by atoms with Crippen LogP contribution in [0.25, 0.3) is 0 Å². The fourth-order valence-electron chi connectivity index (χ4n) is 1.88. The van der Waals surface area contributed by atoms with Gasteiger partial charge in [0, 0.05) is 12.7 Å². The van der Waals surface area contributed by atoms with Crippen LogP contribution in [0.1, 0.15) is 11.4 Å². The van der Waals surface area contributed by atoms with Gasteiger partial charge in [-0.15, -0.1) is 12.4 Å². The average Bonchev–Trinajstić information content (AvgIpc) is 2.64. The smallest absolute Gasteiger partial charge is 0.243 e. The molecule has 108 valence electrons. The summed E-state index contributed by atoms with van der Waals surface area (Å²) in [5.74, 6) is -0.0805. The van der Waals surface area contributed by atoms with Crippen LogP contribution >= 0.6 is 12.4 Å². The molecular weight excluding hydrogens is 276 g/mol. The summed E-state index contributed by atoms with van der Waals surface area (Å²) in [7, 11) is 1.86. The van der Waals surface area contributed by atoms with Gasteiger partial charge in [0.1, 0.15) is 0 Å². The highest BCUT2D eigenvalue weighted by Gasteiger charge is 2.11. The summed E-state index contributed by atoms with van der Waals surface area (Å²) in [6.07, 6.45) is 0. The van der Waals surface area contributed by atoms with Gasteiger partial charge < -0.3 is 10.6 Å². The number of benzene rings is 1. The number of para-hydroxylation sites is 1. The topological polar surface area (TPSA) is 59.0 Å². The van der Waals surface area contributed by atoms with Crippen molar-refractivity contribution in [3.05, 3.63) is 41.7 Å². The van der Waals surface area contributed by atoms with E-state index in [0.29, 0.717) is 0 Å². The fraction of sp³-hybridized carbons (Fsp3) is 0.286. The van der Waals surface area contributed by atoms with Crippen molar-refractivity contribution in [2.75, 3.05) is 17.2 Å². The quantitative estimate of drug-likeness (QED) is 0.911. The molecule has 2 rings (SSSR count). The highest BCUT2D eigenvalue weighted by Crippen LogP contribution is 2.18. The van der Waals surface area contributed by atoms with Crippen LogP contribution < -0.4 is 10.6 Å². The second-order valence-corrected chi connectivity index (χ2v) is 4.44. The number of aromatic nitrogens is 2. The minimum atomic E-state index is -0.0805. The first-order valence-electron chi connectivity index (χ1n) is 6.17. The lowest BCUT2D eigenvalue weighted by Gasteiger charge is -2.08. The Hall–Kier alpha value is -2.01. The van der Waals surface area contributed by atoms with E-state index in [2.05, 4.69) is 15.7 Å². The van der Waals surface area contributed by atoms with E-state index in [9.17, 15) is 4.79 Å². The van der Waals surface area contributed by atoms with E-state index in [0.717, 1.165) is 22.8 Å². The van der Waals surface area contributed by atoms with Crippen LogP contribution in [-0.4, -0.2) is 22.2 Å². The largest absolute Gasteiger partial charge is 0.376 e. The first-order valence-corrected chi connectivity index (χ1v) is 6.17. The van der Waals surface area contributed by atoms with Crippen LogP contribution in [0.5, 0.6) is 0 Å². The van der Waals surface area contributed by atoms with E-state index < -0.39 is 0 Å². The van der Waals surface area contributed by atoms with Crippen LogP contribution in [0.4, 0.5) is 11.4 Å². The first kappa shape index (κ1) is 16.0. The molecule has 1 aromatic heterocycles. The molecule has 0 saturated carbocycles. The number of anilines is 2. The zero-order valence-corrected chi connectivity index (χ0v) is 12.6. The van der Waals surface area contributed by atoms with Gasteiger partial charge in [-0.05, 0) is 26.0 Å². The Balaban J connectivity index is 0.00000200. The van der Waals surface area contributed by atoms with Crippen molar-refractivity contribution in [1.82, 2.24) is 9.78 Å². The lowest BCUT2D eigenvalue weighted by Crippen LogP contribution is -2.22. The molecule has 0 aliphatic carbocycles. The number of rotatable bonds is 4. The Kier molecular flexibility index (Phi) is 5.58. The number of carbonyl (C=O) groups is 1. The highest BCUT2D eigenvalue weighted by molar-refractivity contribution is 5.94. The Labute approximate surface area is 124 Å². The molecule has 5 nitrogen and oxygen atoms in total. The number of hydrogen-bond donors (Lipinski definition) is 2. The van der Waals surface area contributed by atoms with Crippen molar-refractivity contribution in [2.45, 2.75) is 13.8 Å². The molecule has 2 N–H and O–H groups in total. The third-order valence-electron chi connectivity index (χ3n) is 3.00. The van der Waals surface area contributed by atoms with E-state index in [1.807, 2.05) is 51.2 Å². The van der Waals surface area contributed by atoms with Gasteiger partial charge in [-0.2, -0.15) is 5.10 Å². The fourth-order valence-corrected chi connectivity index (χ4v) is 1.88. The maximum atomic E-state index is 11.9. The summed E-state index contributed by atoms with van der Waals surface area (Å²) in [6.45, 7) is 4.05. The molecule has 0 atom stereocenters. The Morgan fingerprint density at radius 2 is 1.90 bits per heavy atom. The zero-order valence-electron chi connectivity index (χ0n) is 11.8. The third kappa shape index (κ3) is 3.74. The van der Waals surface area contributed by atoms with E-state index in [1.54, 1.807) is 4.68 Å². The molecule has 20 heavy (non-hydrogen) atoms. The molecule has 0 aliphatic rings. The van der Waals surface area contributed by atoms with Crippen LogP contribution in [0.3, 0.4) is 0 Å². The van der Waals surface area contributed by atoms with Gasteiger partial charge in [-0.3, -0.25) is 9.48 Å². The molecule has 2 aromatic rings. The zero-order chi connectivity index (χ0) is 13.8. The number of amides is 1. The maximum absolute atomic E-state index is 11.9. The Morgan fingerprint density at radius 3 is 2.45 bits per heavy atom. The van der Waals surface area contributed by atoms with E-state index in [4.69, 9.17) is 0 Å². The van der Waals surface area contributed by atoms with Gasteiger partial charge in [-0.1, -0.05) is 18.2 Å². The molecule has 0 unspecified atom stereocenters. The number of aryl methyl sites for hydroxylation is 2. The van der Waals surface area contributed by atoms with Crippen molar-refractivity contribution < 1.29 is 4.79 Å². The van der Waals surface area contributed by atoms with Gasteiger partial charge in [0.05, 0.1) is 23.6 Å². The number of hydrogen-bond acceptors (Lipinski definition) is 3. The van der Waals surface area contributed by atoms with Gasteiger partial charge in [0.2, 0.25) is 5.91 Å². The van der Waals surface area contributed by atoms with Crippen LogP contribution in [0, 0.1) is 13.8 Å². The molecule has 6 heteroatoms. The average molecular weight is 295 g/mol. The molecule has 0 saturated heterocycles. The van der Waals surface area contributed by atoms with Crippen molar-refractivity contribution in [2.24, 2.45) is 7.05 Å². The maximum Gasteiger partial charge on any atom is 0.243 e. The SMILES string of the molecule is Cc1nn(C)c(C)c1NC(=O)CNc1ccccc1.Cl. The molecule has 1 amide bonds. The summed E-state index contributed by atoms with van der Waals surface area (Å²) in [5, 5.41) is 10.2. The van der Waals surface area contributed by atoms with Gasteiger partial charge >= 0.3 is 0 Å². The lowest BCUT2D eigenvalue weighted by atomic mass is 10.3. The number of nitrogens with zero attached hydrogens (tertiary/aromatic N) is 2. The summed E-state index contributed by atoms with van der Waals surface area (Å²) < 4.78 is 1.76. The molecule has 0 radical (unpaired) electrons. The van der Waals surface area contributed by atoms with Crippen molar-refractivity contribution in [3.63, 3.8) is 0 Å². The summed E-state index contributed by atoms with van der Waals surface area (Å²) in [5.41, 5.74) is 3.50. The summed E-state index contributed by atoms with van der Waals surface area (Å²) in [6, 6.07) is 9.64. The number of halogens is 1. The number of carbonyl (C=O) groups excluding carboxylic acids is 1.